The smallest absolute Gasteiger partial charge is 0.258 e. The number of halogens is 2. The zero-order valence-electron chi connectivity index (χ0n) is 16.5. The minimum absolute atomic E-state index is 0. The van der Waals surface area contributed by atoms with Gasteiger partial charge in [-0.15, -0.1) is 12.4 Å². The van der Waals surface area contributed by atoms with Crippen molar-refractivity contribution in [2.24, 2.45) is 0 Å². The molecule has 2 N–H and O–H groups in total. The third-order valence-electron chi connectivity index (χ3n) is 5.21. The van der Waals surface area contributed by atoms with Crippen LogP contribution in [-0.4, -0.2) is 29.6 Å². The summed E-state index contributed by atoms with van der Waals surface area (Å²) >= 11 is 5.93. The van der Waals surface area contributed by atoms with Crippen molar-refractivity contribution in [2.75, 3.05) is 11.9 Å². The number of ether oxygens (including phenoxy) is 1. The van der Waals surface area contributed by atoms with E-state index >= 15 is 0 Å². The Balaban J connectivity index is 0.00000256. The Hall–Kier alpha value is -2.50. The Morgan fingerprint density at radius 1 is 1.00 bits per heavy atom. The molecular formula is C23H25Cl2N3O2. The van der Waals surface area contributed by atoms with E-state index in [-0.39, 0.29) is 31.0 Å². The van der Waals surface area contributed by atoms with Gasteiger partial charge in [0.15, 0.2) is 6.61 Å². The maximum Gasteiger partial charge on any atom is 0.258 e. The van der Waals surface area contributed by atoms with Gasteiger partial charge in [0.2, 0.25) is 0 Å². The van der Waals surface area contributed by atoms with E-state index in [1.54, 1.807) is 24.3 Å². The molecule has 5 nitrogen and oxygen atoms in total. The molecule has 1 fully saturated rings. The maximum absolute atomic E-state index is 12.2. The number of carbonyl (C=O) groups excluding carboxylic acids is 1. The molecule has 1 saturated carbocycles. The first-order valence-corrected chi connectivity index (χ1v) is 10.3. The zero-order valence-corrected chi connectivity index (χ0v) is 18.1. The summed E-state index contributed by atoms with van der Waals surface area (Å²) in [5.41, 5.74) is 0.998. The van der Waals surface area contributed by atoms with Gasteiger partial charge >= 0.3 is 0 Å². The summed E-state index contributed by atoms with van der Waals surface area (Å²) in [5, 5.41) is 8.35. The van der Waals surface area contributed by atoms with Gasteiger partial charge in [0.25, 0.3) is 5.91 Å². The molecule has 1 aliphatic carbocycles. The summed E-state index contributed by atoms with van der Waals surface area (Å²) in [6.07, 6.45) is 3.87. The lowest BCUT2D eigenvalue weighted by atomic mass is 9.91. The average molecular weight is 446 g/mol. The Labute approximate surface area is 187 Å². The zero-order chi connectivity index (χ0) is 20.1. The molecule has 0 bridgehead atoms. The number of benzene rings is 2. The number of nitrogens with one attached hydrogen (secondary N) is 2. The third-order valence-corrected chi connectivity index (χ3v) is 5.44. The van der Waals surface area contributed by atoms with Crippen molar-refractivity contribution in [3.8, 4) is 5.75 Å². The van der Waals surface area contributed by atoms with Crippen molar-refractivity contribution >= 4 is 46.6 Å². The van der Waals surface area contributed by atoms with Crippen LogP contribution in [-0.2, 0) is 4.79 Å². The third kappa shape index (κ3) is 6.00. The fraction of sp³-hybridized carbons (Fsp3) is 0.304. The van der Waals surface area contributed by atoms with Crippen molar-refractivity contribution in [3.63, 3.8) is 0 Å². The van der Waals surface area contributed by atoms with Crippen molar-refractivity contribution in [2.45, 2.75) is 37.8 Å². The molecule has 1 aromatic heterocycles. The predicted octanol–water partition coefficient (Wildman–Crippen LogP) is 5.23. The second kappa shape index (κ2) is 10.5. The number of rotatable bonds is 6. The second-order valence-electron chi connectivity index (χ2n) is 7.40. The summed E-state index contributed by atoms with van der Waals surface area (Å²) in [6, 6.07) is 19.9. The van der Waals surface area contributed by atoms with Gasteiger partial charge in [-0.3, -0.25) is 4.79 Å². The van der Waals surface area contributed by atoms with Crippen LogP contribution in [0, 0.1) is 0 Å². The molecule has 0 saturated heterocycles. The molecule has 1 heterocycles. The summed E-state index contributed by atoms with van der Waals surface area (Å²) in [6.45, 7) is -0.000466. The molecule has 1 amide bonds. The molecule has 1 aliphatic rings. The van der Waals surface area contributed by atoms with E-state index < -0.39 is 0 Å². The molecule has 0 atom stereocenters. The minimum Gasteiger partial charge on any atom is -0.484 e. The van der Waals surface area contributed by atoms with Gasteiger partial charge in [-0.25, -0.2) is 4.98 Å². The highest BCUT2D eigenvalue weighted by Crippen LogP contribution is 2.23. The van der Waals surface area contributed by atoms with Gasteiger partial charge in [-0.05, 0) is 62.1 Å². The van der Waals surface area contributed by atoms with Gasteiger partial charge in [-0.1, -0.05) is 35.9 Å². The van der Waals surface area contributed by atoms with Crippen LogP contribution in [0.2, 0.25) is 5.02 Å². The molecule has 158 valence electrons. The number of pyridine rings is 1. The SMILES string of the molecule is Cl.O=C(COc1cccc(Cl)c1)N[C@H]1CC[C@@H](Nc2ccc3ccccc3n2)CC1. The van der Waals surface area contributed by atoms with E-state index in [1.165, 1.54) is 0 Å². The lowest BCUT2D eigenvalue weighted by molar-refractivity contribution is -0.124. The maximum atomic E-state index is 12.2. The Morgan fingerprint density at radius 2 is 1.77 bits per heavy atom. The van der Waals surface area contributed by atoms with Crippen molar-refractivity contribution in [3.05, 3.63) is 65.7 Å². The number of amides is 1. The van der Waals surface area contributed by atoms with Crippen LogP contribution in [0.5, 0.6) is 5.75 Å². The van der Waals surface area contributed by atoms with Gasteiger partial charge in [0.1, 0.15) is 11.6 Å². The lowest BCUT2D eigenvalue weighted by Crippen LogP contribution is -2.42. The van der Waals surface area contributed by atoms with Crippen molar-refractivity contribution in [1.82, 2.24) is 10.3 Å². The molecule has 0 unspecified atom stereocenters. The van der Waals surface area contributed by atoms with Gasteiger partial charge < -0.3 is 15.4 Å². The van der Waals surface area contributed by atoms with Gasteiger partial charge in [0.05, 0.1) is 5.52 Å². The normalized spacial score (nSPS) is 18.3. The summed E-state index contributed by atoms with van der Waals surface area (Å²) in [4.78, 5) is 16.9. The summed E-state index contributed by atoms with van der Waals surface area (Å²) < 4.78 is 5.51. The van der Waals surface area contributed by atoms with E-state index in [0.29, 0.717) is 16.8 Å². The highest BCUT2D eigenvalue weighted by Gasteiger charge is 2.22. The van der Waals surface area contributed by atoms with E-state index in [9.17, 15) is 4.79 Å². The van der Waals surface area contributed by atoms with Crippen LogP contribution in [0.3, 0.4) is 0 Å². The van der Waals surface area contributed by atoms with Crippen molar-refractivity contribution in [1.29, 1.82) is 0 Å². The van der Waals surface area contributed by atoms with Crippen LogP contribution in [0.25, 0.3) is 10.9 Å². The van der Waals surface area contributed by atoms with Crippen molar-refractivity contribution < 1.29 is 9.53 Å². The topological polar surface area (TPSA) is 63.2 Å². The largest absolute Gasteiger partial charge is 0.484 e. The fourth-order valence-corrected chi connectivity index (χ4v) is 3.89. The Morgan fingerprint density at radius 3 is 2.57 bits per heavy atom. The second-order valence-corrected chi connectivity index (χ2v) is 7.83. The lowest BCUT2D eigenvalue weighted by Gasteiger charge is -2.30. The van der Waals surface area contributed by atoms with Crippen LogP contribution in [0.15, 0.2) is 60.7 Å². The molecule has 0 aliphatic heterocycles. The van der Waals surface area contributed by atoms with E-state index in [1.807, 2.05) is 24.3 Å². The van der Waals surface area contributed by atoms with E-state index in [2.05, 4.69) is 27.8 Å². The van der Waals surface area contributed by atoms with Crippen LogP contribution >= 0.6 is 24.0 Å². The van der Waals surface area contributed by atoms with Crippen LogP contribution in [0.4, 0.5) is 5.82 Å². The standard InChI is InChI=1S/C23H24ClN3O2.ClH/c24-17-5-3-6-20(14-17)29-15-23(28)26-19-11-9-18(10-12-19)25-22-13-8-16-4-1-2-7-21(16)27-22;/h1-8,13-14,18-19H,9-12,15H2,(H,25,27)(H,26,28);1H/t18-,19+;. The molecular weight excluding hydrogens is 421 g/mol. The number of anilines is 1. The molecule has 7 heteroatoms. The number of carbonyl (C=O) groups is 1. The Bertz CT molecular complexity index is 991. The van der Waals surface area contributed by atoms with E-state index in [0.717, 1.165) is 42.4 Å². The number of nitrogens with zero attached hydrogens (tertiary/aromatic N) is 1. The number of para-hydroxylation sites is 1. The first kappa shape index (κ1) is 22.2. The van der Waals surface area contributed by atoms with Gasteiger partial charge in [-0.2, -0.15) is 0 Å². The molecule has 2 aromatic carbocycles. The highest BCUT2D eigenvalue weighted by atomic mass is 35.5. The fourth-order valence-electron chi connectivity index (χ4n) is 3.71. The number of hydrogen-bond donors (Lipinski definition) is 2. The average Bonchev–Trinajstić information content (AvgIpc) is 2.74. The molecule has 0 spiro atoms. The van der Waals surface area contributed by atoms with Crippen LogP contribution in [0.1, 0.15) is 25.7 Å². The number of aromatic nitrogens is 1. The molecule has 3 aromatic rings. The quantitative estimate of drug-likeness (QED) is 0.545. The van der Waals surface area contributed by atoms with Gasteiger partial charge in [0, 0.05) is 22.5 Å². The first-order valence-electron chi connectivity index (χ1n) is 9.96. The first-order chi connectivity index (χ1) is 14.2. The number of hydrogen-bond acceptors (Lipinski definition) is 4. The highest BCUT2D eigenvalue weighted by molar-refractivity contribution is 6.30. The summed E-state index contributed by atoms with van der Waals surface area (Å²) in [5.74, 6) is 1.41. The molecule has 0 radical (unpaired) electrons. The van der Waals surface area contributed by atoms with Crippen LogP contribution < -0.4 is 15.4 Å². The molecule has 4 rings (SSSR count). The Kier molecular flexibility index (Phi) is 7.77. The minimum atomic E-state index is -0.0995. The number of fused-ring (bicyclic) bond motifs is 1. The summed E-state index contributed by atoms with van der Waals surface area (Å²) in [7, 11) is 0. The predicted molar refractivity (Wildman–Crippen MR) is 124 cm³/mol. The monoisotopic (exact) mass is 445 g/mol. The molecule has 30 heavy (non-hydrogen) atoms. The van der Waals surface area contributed by atoms with E-state index in [4.69, 9.17) is 16.3 Å².